The Balaban J connectivity index is 2.60. The predicted octanol–water partition coefficient (Wildman–Crippen LogP) is 1.35. The monoisotopic (exact) mass is 97.1 g/mol. The minimum absolute atomic E-state index is 0.639. The van der Waals surface area contributed by atoms with Crippen LogP contribution in [0.5, 0.6) is 0 Å². The van der Waals surface area contributed by atoms with E-state index in [0.29, 0.717) is 6.61 Å². The van der Waals surface area contributed by atoms with Gasteiger partial charge in [0.2, 0.25) is 0 Å². The van der Waals surface area contributed by atoms with E-state index >= 15 is 0 Å². The quantitative estimate of drug-likeness (QED) is 0.381. The molecule has 1 radical (unpaired) electrons. The van der Waals surface area contributed by atoms with Crippen molar-refractivity contribution < 1.29 is 4.74 Å². The van der Waals surface area contributed by atoms with Crippen molar-refractivity contribution in [3.05, 3.63) is 6.42 Å². The maximum atomic E-state index is 6.31. The molecule has 0 saturated heterocycles. The Labute approximate surface area is 44.7 Å². The van der Waals surface area contributed by atoms with Crippen LogP contribution in [0.3, 0.4) is 0 Å². The summed E-state index contributed by atoms with van der Waals surface area (Å²) in [5.41, 5.74) is 0. The van der Waals surface area contributed by atoms with Crippen molar-refractivity contribution in [3.8, 4) is 6.11 Å². The maximum Gasteiger partial charge on any atom is 0.124 e. The minimum Gasteiger partial charge on any atom is -0.446 e. The lowest BCUT2D eigenvalue weighted by molar-refractivity contribution is 0.270. The summed E-state index contributed by atoms with van der Waals surface area (Å²) >= 11 is 0. The average Bonchev–Trinajstić information content (AvgIpc) is 1.69. The van der Waals surface area contributed by atoms with Gasteiger partial charge in [-0.2, -0.15) is 0 Å². The molecule has 0 aromatic rings. The van der Waals surface area contributed by atoms with Crippen LogP contribution in [-0.4, -0.2) is 6.61 Å². The van der Waals surface area contributed by atoms with Gasteiger partial charge in [0.15, 0.2) is 0 Å². The molecule has 7 heavy (non-hydrogen) atoms. The van der Waals surface area contributed by atoms with E-state index in [9.17, 15) is 0 Å². The fraction of sp³-hybridized carbons (Fsp3) is 0.667. The van der Waals surface area contributed by atoms with E-state index in [1.54, 1.807) is 0 Å². The molecule has 0 bridgehead atoms. The fourth-order valence-corrected chi connectivity index (χ4v) is 0.268. The molecule has 0 aromatic heterocycles. The summed E-state index contributed by atoms with van der Waals surface area (Å²) in [6.45, 7) is 2.72. The minimum atomic E-state index is 0.639. The van der Waals surface area contributed by atoms with Gasteiger partial charge in [0.05, 0.1) is 0 Å². The van der Waals surface area contributed by atoms with Gasteiger partial charge in [0, 0.05) is 6.42 Å². The molecule has 0 aliphatic rings. The second-order valence-electron chi connectivity index (χ2n) is 1.30. The highest BCUT2D eigenvalue weighted by Gasteiger charge is 1.77. The van der Waals surface area contributed by atoms with E-state index in [-0.39, 0.29) is 0 Å². The van der Waals surface area contributed by atoms with Crippen LogP contribution in [0.25, 0.3) is 0 Å². The Morgan fingerprint density at radius 3 is 2.86 bits per heavy atom. The van der Waals surface area contributed by atoms with Crippen molar-refractivity contribution in [2.45, 2.75) is 19.8 Å². The summed E-state index contributed by atoms with van der Waals surface area (Å²) < 4.78 is 4.49. The van der Waals surface area contributed by atoms with E-state index in [0.717, 1.165) is 12.8 Å². The van der Waals surface area contributed by atoms with Gasteiger partial charge in [-0.05, 0) is 6.42 Å². The lowest BCUT2D eigenvalue weighted by Gasteiger charge is -1.90. The SMILES string of the molecule is [C]#COCCCC. The molecule has 0 rings (SSSR count). The summed E-state index contributed by atoms with van der Waals surface area (Å²) in [5.74, 6) is 0. The van der Waals surface area contributed by atoms with Crippen LogP contribution in [0.2, 0.25) is 0 Å². The van der Waals surface area contributed by atoms with Gasteiger partial charge in [-0.3, -0.25) is 0 Å². The summed E-state index contributed by atoms with van der Waals surface area (Å²) in [4.78, 5) is 0. The van der Waals surface area contributed by atoms with Gasteiger partial charge in [-0.15, -0.1) is 0 Å². The number of unbranched alkanes of at least 4 members (excludes halogenated alkanes) is 1. The van der Waals surface area contributed by atoms with Crippen molar-refractivity contribution in [1.29, 1.82) is 0 Å². The highest BCUT2D eigenvalue weighted by molar-refractivity contribution is 4.54. The van der Waals surface area contributed by atoms with Gasteiger partial charge >= 0.3 is 0 Å². The van der Waals surface area contributed by atoms with Gasteiger partial charge in [0.25, 0.3) is 0 Å². The summed E-state index contributed by atoms with van der Waals surface area (Å²) in [6, 6.07) is 0. The molecule has 0 aliphatic heterocycles. The molecule has 1 heteroatoms. The summed E-state index contributed by atoms with van der Waals surface area (Å²) in [7, 11) is 0. The van der Waals surface area contributed by atoms with Crippen LogP contribution in [0, 0.1) is 12.5 Å². The normalized spacial score (nSPS) is 7.43. The number of hydrogen-bond acceptors (Lipinski definition) is 1. The van der Waals surface area contributed by atoms with Gasteiger partial charge in [0.1, 0.15) is 12.7 Å². The van der Waals surface area contributed by atoms with Crippen LogP contribution in [-0.2, 0) is 4.74 Å². The smallest absolute Gasteiger partial charge is 0.124 e. The van der Waals surface area contributed by atoms with E-state index in [4.69, 9.17) is 6.42 Å². The first kappa shape index (κ1) is 6.36. The Hall–Kier alpha value is -0.640. The van der Waals surface area contributed by atoms with Gasteiger partial charge < -0.3 is 4.74 Å². The average molecular weight is 97.1 g/mol. The van der Waals surface area contributed by atoms with Gasteiger partial charge in [-0.1, -0.05) is 13.3 Å². The Kier molecular flexibility index (Phi) is 4.87. The first-order valence-corrected chi connectivity index (χ1v) is 2.45. The van der Waals surface area contributed by atoms with Crippen molar-refractivity contribution in [1.82, 2.24) is 0 Å². The van der Waals surface area contributed by atoms with Crippen LogP contribution >= 0.6 is 0 Å². The van der Waals surface area contributed by atoms with Crippen molar-refractivity contribution in [3.63, 3.8) is 0 Å². The van der Waals surface area contributed by atoms with E-state index < -0.39 is 0 Å². The number of hydrogen-bond donors (Lipinski definition) is 0. The molecule has 1 nitrogen and oxygen atoms in total. The fourth-order valence-electron chi connectivity index (χ4n) is 0.268. The topological polar surface area (TPSA) is 9.23 Å². The highest BCUT2D eigenvalue weighted by atomic mass is 16.5. The molecular weight excluding hydrogens is 88.1 g/mol. The highest BCUT2D eigenvalue weighted by Crippen LogP contribution is 1.84. The molecule has 39 valence electrons. The molecular formula is C6H9O. The largest absolute Gasteiger partial charge is 0.446 e. The lowest BCUT2D eigenvalue weighted by atomic mass is 10.4. The molecule has 0 fully saturated rings. The number of rotatable bonds is 3. The molecule has 0 aliphatic carbocycles. The van der Waals surface area contributed by atoms with Crippen LogP contribution < -0.4 is 0 Å². The zero-order valence-corrected chi connectivity index (χ0v) is 4.53. The first-order chi connectivity index (χ1) is 3.41. The van der Waals surface area contributed by atoms with Gasteiger partial charge in [-0.25, -0.2) is 0 Å². The lowest BCUT2D eigenvalue weighted by Crippen LogP contribution is -1.83. The van der Waals surface area contributed by atoms with Crippen LogP contribution in [0.15, 0.2) is 0 Å². The number of ether oxygens (including phenoxy) is 1. The third-order valence-corrected chi connectivity index (χ3v) is 0.672. The Bertz CT molecular complexity index is 61.1. The van der Waals surface area contributed by atoms with Crippen molar-refractivity contribution in [2.24, 2.45) is 0 Å². The molecule has 0 aromatic carbocycles. The molecule has 0 spiro atoms. The Morgan fingerprint density at radius 2 is 2.43 bits per heavy atom. The zero-order valence-electron chi connectivity index (χ0n) is 4.53. The molecule has 0 heterocycles. The molecule has 0 atom stereocenters. The van der Waals surface area contributed by atoms with E-state index in [1.165, 1.54) is 0 Å². The molecule has 0 amide bonds. The van der Waals surface area contributed by atoms with Crippen LogP contribution in [0.1, 0.15) is 19.8 Å². The second-order valence-corrected chi connectivity index (χ2v) is 1.30. The molecule has 0 unspecified atom stereocenters. The van der Waals surface area contributed by atoms with E-state index in [2.05, 4.69) is 11.7 Å². The third-order valence-electron chi connectivity index (χ3n) is 0.672. The van der Waals surface area contributed by atoms with Crippen molar-refractivity contribution >= 4 is 0 Å². The summed E-state index contributed by atoms with van der Waals surface area (Å²) in [6.07, 6.45) is 10.3. The third kappa shape index (κ3) is 5.36. The zero-order chi connectivity index (χ0) is 5.54. The van der Waals surface area contributed by atoms with Crippen LogP contribution in [0.4, 0.5) is 0 Å². The van der Waals surface area contributed by atoms with Crippen molar-refractivity contribution in [2.75, 3.05) is 6.61 Å². The molecule has 0 N–H and O–H groups in total. The second kappa shape index (κ2) is 5.36. The summed E-state index contributed by atoms with van der Waals surface area (Å²) in [5, 5.41) is 0. The first-order valence-electron chi connectivity index (χ1n) is 2.45. The standard InChI is InChI=1S/C6H9O/c1-3-5-6-7-4-2/h3,5-6H2,1H3. The van der Waals surface area contributed by atoms with E-state index in [1.807, 2.05) is 6.11 Å². The molecule has 0 saturated carbocycles. The maximum absolute atomic E-state index is 6.31. The predicted molar refractivity (Wildman–Crippen MR) is 28.0 cm³/mol. The Morgan fingerprint density at radius 1 is 1.71 bits per heavy atom.